The van der Waals surface area contributed by atoms with Crippen molar-refractivity contribution in [3.05, 3.63) is 131 Å². The van der Waals surface area contributed by atoms with Crippen molar-refractivity contribution < 1.29 is 14.4 Å². The second kappa shape index (κ2) is 16.1. The number of nitrogens with one attached hydrogen (secondary N) is 1. The van der Waals surface area contributed by atoms with E-state index in [-0.39, 0.29) is 23.5 Å². The smallest absolute Gasteiger partial charge is 0.350 e. The fourth-order valence-corrected chi connectivity index (χ4v) is 9.58. The van der Waals surface area contributed by atoms with Gasteiger partial charge in [0.25, 0.3) is 0 Å². The largest absolute Gasteiger partial charge is 0.371 e. The number of aryl methyl sites for hydroxylation is 2. The lowest BCUT2D eigenvalue weighted by Gasteiger charge is -2.34. The van der Waals surface area contributed by atoms with Gasteiger partial charge in [-0.2, -0.15) is 14.9 Å². The molecule has 3 aliphatic heterocycles. The van der Waals surface area contributed by atoms with Gasteiger partial charge in [0.15, 0.2) is 0 Å². The van der Waals surface area contributed by atoms with Crippen LogP contribution in [0, 0.1) is 0 Å². The third-order valence-electron chi connectivity index (χ3n) is 13.0. The van der Waals surface area contributed by atoms with Gasteiger partial charge in [0.2, 0.25) is 11.8 Å². The zero-order chi connectivity index (χ0) is 43.4. The Kier molecular flexibility index (Phi) is 10.2. The lowest BCUT2D eigenvalue weighted by atomic mass is 9.87. The number of imide groups is 1. The van der Waals surface area contributed by atoms with E-state index in [0.29, 0.717) is 49.8 Å². The maximum absolute atomic E-state index is 13.8. The molecule has 15 nitrogen and oxygen atoms in total. The number of carbonyl (C=O) groups excluding carboxylic acids is 3. The van der Waals surface area contributed by atoms with E-state index in [2.05, 4.69) is 69.7 Å². The SMILES string of the molecule is CCc1c(-c2ccc(-n3ncn(C)c3=O)cc2-c2ccc(C3CCN(c4ccc5c(C6CCC(=O)NC6=O)nn(C)c5c4)CC3)cc2)ccnc1N1CCN(c2cccnc2)C1=O. The van der Waals surface area contributed by atoms with Crippen molar-refractivity contribution in [3.63, 3.8) is 0 Å². The van der Waals surface area contributed by atoms with Crippen LogP contribution in [0.3, 0.4) is 0 Å². The van der Waals surface area contributed by atoms with Gasteiger partial charge in [0.05, 0.1) is 34.7 Å². The first-order chi connectivity index (χ1) is 30.7. The number of aromatic nitrogens is 7. The number of rotatable bonds is 9. The van der Waals surface area contributed by atoms with Crippen LogP contribution in [0.4, 0.5) is 22.0 Å². The molecule has 1 N–H and O–H groups in total. The second-order valence-corrected chi connectivity index (χ2v) is 16.6. The third kappa shape index (κ3) is 7.12. The molecule has 3 aromatic carbocycles. The number of hydrogen-bond donors (Lipinski definition) is 1. The van der Waals surface area contributed by atoms with E-state index in [1.165, 1.54) is 21.1 Å². The van der Waals surface area contributed by atoms with Gasteiger partial charge in [0.1, 0.15) is 12.1 Å². The maximum atomic E-state index is 13.8. The standard InChI is InChI=1S/C48H47N11O4/c1-4-36-38(17-21-50-45(36)58-25-24-57(48(58)63)35-6-5-20-49-28-35)37-13-12-34(59-47(62)54(2)29-51-59)26-41(37)32-9-7-30(8-10-32)31-18-22-56(23-19-31)33-11-14-39-42(27-33)55(3)53-44(39)40-15-16-43(60)52-46(40)61/h5-14,17,20-21,26-29,31,40H,4,15-16,18-19,22-25H2,1-3H3,(H,52,60,61). The maximum Gasteiger partial charge on any atom is 0.350 e. The van der Waals surface area contributed by atoms with Crippen molar-refractivity contribution in [2.24, 2.45) is 14.1 Å². The highest BCUT2D eigenvalue weighted by Crippen LogP contribution is 2.41. The second-order valence-electron chi connectivity index (χ2n) is 16.6. The highest BCUT2D eigenvalue weighted by molar-refractivity contribution is 6.06. The minimum absolute atomic E-state index is 0.135. The van der Waals surface area contributed by atoms with E-state index in [4.69, 9.17) is 10.1 Å². The summed E-state index contributed by atoms with van der Waals surface area (Å²) in [6.07, 6.45) is 10.1. The topological polar surface area (TPSA) is 156 Å². The van der Waals surface area contributed by atoms with Gasteiger partial charge in [0, 0.05) is 75.7 Å². The molecular formula is C48H47N11O4. The lowest BCUT2D eigenvalue weighted by molar-refractivity contribution is -0.134. The van der Waals surface area contributed by atoms with Gasteiger partial charge in [-0.15, -0.1) is 0 Å². The van der Waals surface area contributed by atoms with E-state index >= 15 is 0 Å². The van der Waals surface area contributed by atoms with Crippen LogP contribution >= 0.6 is 0 Å². The van der Waals surface area contributed by atoms with Crippen molar-refractivity contribution in [2.45, 2.75) is 50.9 Å². The molecule has 0 saturated carbocycles. The number of amides is 4. The molecule has 0 bridgehead atoms. The van der Waals surface area contributed by atoms with Crippen LogP contribution in [0.5, 0.6) is 0 Å². The Morgan fingerprint density at radius 1 is 0.762 bits per heavy atom. The molecule has 318 valence electrons. The minimum Gasteiger partial charge on any atom is -0.371 e. The van der Waals surface area contributed by atoms with Crippen LogP contribution in [0.2, 0.25) is 0 Å². The zero-order valence-electron chi connectivity index (χ0n) is 35.4. The lowest BCUT2D eigenvalue weighted by Crippen LogP contribution is -2.39. The first-order valence-electron chi connectivity index (χ1n) is 21.5. The average molecular weight is 842 g/mol. The van der Waals surface area contributed by atoms with Crippen LogP contribution in [-0.4, -0.2) is 78.1 Å². The van der Waals surface area contributed by atoms with Gasteiger partial charge >= 0.3 is 11.7 Å². The number of benzene rings is 3. The summed E-state index contributed by atoms with van der Waals surface area (Å²) in [6, 6.07) is 26.7. The molecular weight excluding hydrogens is 795 g/mol. The highest BCUT2D eigenvalue weighted by atomic mass is 16.2. The molecule has 3 fully saturated rings. The number of pyridine rings is 2. The predicted octanol–water partition coefficient (Wildman–Crippen LogP) is 6.49. The summed E-state index contributed by atoms with van der Waals surface area (Å²) < 4.78 is 4.70. The molecule has 10 rings (SSSR count). The van der Waals surface area contributed by atoms with Crippen molar-refractivity contribution in [3.8, 4) is 27.9 Å². The van der Waals surface area contributed by atoms with Gasteiger partial charge in [-0.3, -0.25) is 38.9 Å². The van der Waals surface area contributed by atoms with E-state index in [1.807, 2.05) is 48.1 Å². The summed E-state index contributed by atoms with van der Waals surface area (Å²) in [6.45, 7) is 4.90. The third-order valence-corrected chi connectivity index (χ3v) is 13.0. The van der Waals surface area contributed by atoms with E-state index in [0.717, 1.165) is 81.7 Å². The quantitative estimate of drug-likeness (QED) is 0.161. The molecule has 7 aromatic rings. The molecule has 0 radical (unpaired) electrons. The van der Waals surface area contributed by atoms with Crippen LogP contribution in [-0.2, 0) is 30.1 Å². The van der Waals surface area contributed by atoms with Crippen LogP contribution < -0.4 is 25.7 Å². The summed E-state index contributed by atoms with van der Waals surface area (Å²) in [5, 5.41) is 12.5. The molecule has 0 aliphatic carbocycles. The highest BCUT2D eigenvalue weighted by Gasteiger charge is 2.34. The van der Waals surface area contributed by atoms with E-state index in [9.17, 15) is 19.2 Å². The average Bonchev–Trinajstić information content (AvgIpc) is 3.98. The zero-order valence-corrected chi connectivity index (χ0v) is 35.4. The van der Waals surface area contributed by atoms with E-state index in [1.54, 1.807) is 35.4 Å². The predicted molar refractivity (Wildman–Crippen MR) is 241 cm³/mol. The van der Waals surface area contributed by atoms with Crippen LogP contribution in [0.25, 0.3) is 38.8 Å². The Labute approximate surface area is 363 Å². The molecule has 7 heterocycles. The summed E-state index contributed by atoms with van der Waals surface area (Å²) in [4.78, 5) is 66.3. The number of urea groups is 1. The van der Waals surface area contributed by atoms with Gasteiger partial charge in [-0.25, -0.2) is 14.6 Å². The molecule has 3 saturated heterocycles. The fourth-order valence-electron chi connectivity index (χ4n) is 9.58. The Hall–Kier alpha value is -7.42. The Morgan fingerprint density at radius 3 is 2.29 bits per heavy atom. The summed E-state index contributed by atoms with van der Waals surface area (Å²) in [7, 11) is 3.59. The van der Waals surface area contributed by atoms with Crippen LogP contribution in [0.1, 0.15) is 61.3 Å². The van der Waals surface area contributed by atoms with Gasteiger partial charge in [-0.1, -0.05) is 37.3 Å². The number of piperidine rings is 2. The number of hydrogen-bond acceptors (Lipinski definition) is 9. The Bertz CT molecular complexity index is 2960. The first-order valence-corrected chi connectivity index (χ1v) is 21.5. The van der Waals surface area contributed by atoms with Crippen molar-refractivity contribution in [1.82, 2.24) is 39.4 Å². The van der Waals surface area contributed by atoms with Crippen molar-refractivity contribution in [1.29, 1.82) is 0 Å². The molecule has 1 unspecified atom stereocenters. The number of nitrogens with zero attached hydrogens (tertiary/aromatic N) is 10. The summed E-state index contributed by atoms with van der Waals surface area (Å²) >= 11 is 0. The minimum atomic E-state index is -0.435. The Morgan fingerprint density at radius 2 is 1.56 bits per heavy atom. The molecule has 63 heavy (non-hydrogen) atoms. The molecule has 1 atom stereocenters. The number of fused-ring (bicyclic) bond motifs is 1. The summed E-state index contributed by atoms with van der Waals surface area (Å²) in [5.74, 6) is 0.0779. The van der Waals surface area contributed by atoms with Crippen LogP contribution in [0.15, 0.2) is 109 Å². The van der Waals surface area contributed by atoms with Gasteiger partial charge < -0.3 is 4.90 Å². The Balaban J connectivity index is 0.918. The number of anilines is 3. The van der Waals surface area contributed by atoms with E-state index < -0.39 is 5.92 Å². The van der Waals surface area contributed by atoms with Crippen molar-refractivity contribution in [2.75, 3.05) is 40.9 Å². The molecule has 4 aromatic heterocycles. The number of carbonyl (C=O) groups is 3. The van der Waals surface area contributed by atoms with Gasteiger partial charge in [-0.05, 0) is 108 Å². The molecule has 4 amide bonds. The molecule has 15 heteroatoms. The van der Waals surface area contributed by atoms with Crippen molar-refractivity contribution >= 4 is 45.9 Å². The fraction of sp³-hybridized carbons (Fsp3) is 0.292. The first kappa shape index (κ1) is 39.7. The monoisotopic (exact) mass is 841 g/mol. The molecule has 0 spiro atoms. The summed E-state index contributed by atoms with van der Waals surface area (Å²) in [5.41, 5.74) is 10.1. The normalized spacial score (nSPS) is 17.3. The molecule has 3 aliphatic rings.